The average Bonchev–Trinajstić information content (AvgIpc) is 2.84. The van der Waals surface area contributed by atoms with E-state index in [2.05, 4.69) is 15.0 Å². The number of benzene rings is 2. The van der Waals surface area contributed by atoms with Crippen molar-refractivity contribution in [1.82, 2.24) is 4.98 Å². The number of ether oxygens (including phenoxy) is 2. The highest BCUT2D eigenvalue weighted by Crippen LogP contribution is 2.35. The van der Waals surface area contributed by atoms with E-state index < -0.39 is 32.0 Å². The first-order valence-electron chi connectivity index (χ1n) is 10.8. The maximum absolute atomic E-state index is 13.0. The number of carbonyl (C=O) groups is 1. The van der Waals surface area contributed by atoms with Gasteiger partial charge < -0.3 is 14.8 Å². The molecule has 0 saturated heterocycles. The normalized spacial score (nSPS) is 13.9. The predicted octanol–water partition coefficient (Wildman–Crippen LogP) is 2.45. The van der Waals surface area contributed by atoms with E-state index in [0.29, 0.717) is 30.4 Å². The molecule has 2 heterocycles. The summed E-state index contributed by atoms with van der Waals surface area (Å²) < 4.78 is 64.7. The van der Waals surface area contributed by atoms with Gasteiger partial charge in [0.15, 0.2) is 11.5 Å². The highest BCUT2D eigenvalue weighted by atomic mass is 32.2. The summed E-state index contributed by atoms with van der Waals surface area (Å²) in [7, 11) is -7.74. The Balaban J connectivity index is 1.50. The molecule has 13 heteroatoms. The van der Waals surface area contributed by atoms with Crippen LogP contribution in [0.25, 0.3) is 0 Å². The molecule has 1 atom stereocenters. The standard InChI is InChI=1S/C23H24N4O7S2/c1-16(27(35(2,29)30)18-8-11-20-21(15-18)34-14-13-33-20)23(28)25-17-6-9-19(10-7-17)36(31,32)26-22-5-3-4-12-24-22/h3-12,15-16H,13-14H2,1-2H3,(H,24,26)(H,25,28)/t16-/m1/s1. The molecule has 0 spiro atoms. The largest absolute Gasteiger partial charge is 0.486 e. The first-order valence-corrected chi connectivity index (χ1v) is 14.1. The Morgan fingerprint density at radius 1 is 0.972 bits per heavy atom. The summed E-state index contributed by atoms with van der Waals surface area (Å²) in [6.45, 7) is 2.16. The molecule has 2 aromatic carbocycles. The Hall–Kier alpha value is -3.84. The van der Waals surface area contributed by atoms with Gasteiger partial charge in [0.1, 0.15) is 25.1 Å². The van der Waals surface area contributed by atoms with Crippen LogP contribution in [0.2, 0.25) is 0 Å². The van der Waals surface area contributed by atoms with Gasteiger partial charge >= 0.3 is 0 Å². The van der Waals surface area contributed by atoms with Crippen molar-refractivity contribution in [3.05, 3.63) is 66.9 Å². The molecule has 0 aliphatic carbocycles. The third-order valence-electron chi connectivity index (χ3n) is 5.20. The van der Waals surface area contributed by atoms with Crippen LogP contribution in [0, 0.1) is 0 Å². The van der Waals surface area contributed by atoms with Crippen LogP contribution in [0.15, 0.2) is 71.8 Å². The number of pyridine rings is 1. The average molecular weight is 533 g/mol. The number of rotatable bonds is 8. The number of nitrogens with zero attached hydrogens (tertiary/aromatic N) is 2. The molecule has 1 aliphatic rings. The minimum atomic E-state index is -3.89. The van der Waals surface area contributed by atoms with Crippen molar-refractivity contribution in [2.24, 2.45) is 0 Å². The molecule has 4 rings (SSSR count). The second-order valence-corrected chi connectivity index (χ2v) is 11.4. The van der Waals surface area contributed by atoms with E-state index >= 15 is 0 Å². The topological polar surface area (TPSA) is 144 Å². The molecular formula is C23H24N4O7S2. The second-order valence-electron chi connectivity index (χ2n) is 7.90. The van der Waals surface area contributed by atoms with Gasteiger partial charge in [-0.15, -0.1) is 0 Å². The van der Waals surface area contributed by atoms with Crippen LogP contribution >= 0.6 is 0 Å². The van der Waals surface area contributed by atoms with E-state index in [4.69, 9.17) is 9.47 Å². The fraction of sp³-hybridized carbons (Fsp3) is 0.217. The molecule has 1 aromatic heterocycles. The molecule has 2 N–H and O–H groups in total. The highest BCUT2D eigenvalue weighted by molar-refractivity contribution is 7.92. The fourth-order valence-corrected chi connectivity index (χ4v) is 5.74. The van der Waals surface area contributed by atoms with E-state index in [-0.39, 0.29) is 16.4 Å². The predicted molar refractivity (Wildman–Crippen MR) is 134 cm³/mol. The van der Waals surface area contributed by atoms with Crippen molar-refractivity contribution in [3.63, 3.8) is 0 Å². The molecule has 11 nitrogen and oxygen atoms in total. The molecular weight excluding hydrogens is 508 g/mol. The Morgan fingerprint density at radius 2 is 1.67 bits per heavy atom. The quantitative estimate of drug-likeness (QED) is 0.450. The van der Waals surface area contributed by atoms with Crippen LogP contribution in [0.4, 0.5) is 17.2 Å². The van der Waals surface area contributed by atoms with E-state index in [9.17, 15) is 21.6 Å². The molecule has 0 radical (unpaired) electrons. The van der Waals surface area contributed by atoms with Crippen molar-refractivity contribution in [1.29, 1.82) is 0 Å². The molecule has 3 aromatic rings. The lowest BCUT2D eigenvalue weighted by atomic mass is 10.2. The molecule has 1 amide bonds. The lowest BCUT2D eigenvalue weighted by molar-refractivity contribution is -0.116. The number of amides is 1. The van der Waals surface area contributed by atoms with Gasteiger partial charge in [-0.25, -0.2) is 21.8 Å². The SMILES string of the molecule is C[C@H](C(=O)Nc1ccc(S(=O)(=O)Nc2ccccn2)cc1)N(c1ccc2c(c1)OCCO2)S(C)(=O)=O. The van der Waals surface area contributed by atoms with Gasteiger partial charge in [-0.1, -0.05) is 6.07 Å². The minimum Gasteiger partial charge on any atom is -0.486 e. The van der Waals surface area contributed by atoms with E-state index in [1.807, 2.05) is 0 Å². The first kappa shape index (κ1) is 25.3. The summed E-state index contributed by atoms with van der Waals surface area (Å²) >= 11 is 0. The third-order valence-corrected chi connectivity index (χ3v) is 7.82. The second kappa shape index (κ2) is 10.0. The molecule has 0 unspecified atom stereocenters. The zero-order chi connectivity index (χ0) is 25.9. The van der Waals surface area contributed by atoms with Crippen molar-refractivity contribution < 1.29 is 31.1 Å². The van der Waals surface area contributed by atoms with E-state index in [1.54, 1.807) is 18.2 Å². The van der Waals surface area contributed by atoms with Crippen LogP contribution in [-0.2, 0) is 24.8 Å². The van der Waals surface area contributed by atoms with Crippen LogP contribution in [0.5, 0.6) is 11.5 Å². The van der Waals surface area contributed by atoms with Crippen molar-refractivity contribution in [2.45, 2.75) is 17.9 Å². The Morgan fingerprint density at radius 3 is 2.31 bits per heavy atom. The van der Waals surface area contributed by atoms with Crippen LogP contribution in [0.1, 0.15) is 6.92 Å². The first-order chi connectivity index (χ1) is 17.0. The molecule has 1 aliphatic heterocycles. The lowest BCUT2D eigenvalue weighted by Gasteiger charge is -2.29. The number of sulfonamides is 2. The third kappa shape index (κ3) is 5.69. The number of hydrogen-bond acceptors (Lipinski definition) is 8. The Kier molecular flexibility index (Phi) is 7.04. The summed E-state index contributed by atoms with van der Waals surface area (Å²) in [5.41, 5.74) is 0.533. The molecule has 0 saturated carbocycles. The molecule has 190 valence electrons. The summed E-state index contributed by atoms with van der Waals surface area (Å²) in [6.07, 6.45) is 2.46. The number of hydrogen-bond donors (Lipinski definition) is 2. The molecule has 36 heavy (non-hydrogen) atoms. The van der Waals surface area contributed by atoms with Gasteiger partial charge in [0, 0.05) is 18.0 Å². The smallest absolute Gasteiger partial charge is 0.263 e. The van der Waals surface area contributed by atoms with Crippen LogP contribution in [-0.4, -0.2) is 53.2 Å². The minimum absolute atomic E-state index is 0.0340. The van der Waals surface area contributed by atoms with Gasteiger partial charge in [-0.05, 0) is 55.5 Å². The van der Waals surface area contributed by atoms with Crippen molar-refractivity contribution in [2.75, 3.05) is 33.8 Å². The Bertz CT molecular complexity index is 1460. The number of aromatic nitrogens is 1. The zero-order valence-corrected chi connectivity index (χ0v) is 21.0. The molecule has 0 fully saturated rings. The lowest BCUT2D eigenvalue weighted by Crippen LogP contribution is -2.45. The van der Waals surface area contributed by atoms with E-state index in [0.717, 1.165) is 10.6 Å². The Labute approximate surface area is 209 Å². The number of fused-ring (bicyclic) bond motifs is 1. The van der Waals surface area contributed by atoms with E-state index in [1.165, 1.54) is 55.6 Å². The monoisotopic (exact) mass is 532 g/mol. The zero-order valence-electron chi connectivity index (χ0n) is 19.4. The summed E-state index contributed by atoms with van der Waals surface area (Å²) in [5, 5.41) is 2.63. The maximum Gasteiger partial charge on any atom is 0.263 e. The number of anilines is 3. The molecule has 0 bridgehead atoms. The van der Waals surface area contributed by atoms with Gasteiger partial charge in [0.05, 0.1) is 16.8 Å². The van der Waals surface area contributed by atoms with Crippen LogP contribution in [0.3, 0.4) is 0 Å². The van der Waals surface area contributed by atoms with Gasteiger partial charge in [-0.2, -0.15) is 0 Å². The van der Waals surface area contributed by atoms with Crippen molar-refractivity contribution in [3.8, 4) is 11.5 Å². The maximum atomic E-state index is 13.0. The highest BCUT2D eigenvalue weighted by Gasteiger charge is 2.30. The van der Waals surface area contributed by atoms with Gasteiger partial charge in [0.25, 0.3) is 10.0 Å². The summed E-state index contributed by atoms with van der Waals surface area (Å²) in [6, 6.07) is 13.8. The van der Waals surface area contributed by atoms with Crippen molar-refractivity contribution >= 4 is 43.1 Å². The fourth-order valence-electron chi connectivity index (χ4n) is 3.56. The summed E-state index contributed by atoms with van der Waals surface area (Å²) in [4.78, 5) is 16.9. The van der Waals surface area contributed by atoms with Gasteiger partial charge in [-0.3, -0.25) is 13.8 Å². The van der Waals surface area contributed by atoms with Crippen LogP contribution < -0.4 is 23.8 Å². The number of nitrogens with one attached hydrogen (secondary N) is 2. The van der Waals surface area contributed by atoms with Gasteiger partial charge in [0.2, 0.25) is 15.9 Å². The summed E-state index contributed by atoms with van der Waals surface area (Å²) in [5.74, 6) is 0.431. The number of carbonyl (C=O) groups excluding carboxylic acids is 1.